The Labute approximate surface area is 118 Å². The van der Waals surface area contributed by atoms with Crippen molar-refractivity contribution < 1.29 is 4.39 Å². The molecule has 2 rings (SSSR count). The molecule has 0 bridgehead atoms. The summed E-state index contributed by atoms with van der Waals surface area (Å²) >= 11 is 0. The molecule has 0 saturated carbocycles. The van der Waals surface area contributed by atoms with Crippen molar-refractivity contribution in [3.63, 3.8) is 0 Å². The Morgan fingerprint density at radius 1 is 1.25 bits per heavy atom. The summed E-state index contributed by atoms with van der Waals surface area (Å²) in [7, 11) is 1.96. The summed E-state index contributed by atoms with van der Waals surface area (Å²) in [4.78, 5) is 2.05. The lowest BCUT2D eigenvalue weighted by Crippen LogP contribution is -2.21. The number of hydrogen-bond acceptors (Lipinski definition) is 2. The van der Waals surface area contributed by atoms with E-state index < -0.39 is 0 Å². The maximum absolute atomic E-state index is 13.3. The number of halogens is 1. The first-order chi connectivity index (χ1) is 9.47. The third-order valence-corrected chi connectivity index (χ3v) is 3.21. The van der Waals surface area contributed by atoms with Crippen LogP contribution in [0.1, 0.15) is 16.7 Å². The molecule has 0 spiro atoms. The molecule has 0 unspecified atom stereocenters. The fraction of sp³-hybridized carbons (Fsp3) is 0.188. The minimum Gasteiger partial charge on any atom is -0.384 e. The van der Waals surface area contributed by atoms with Crippen LogP contribution in [0.2, 0.25) is 0 Å². The Kier molecular flexibility index (Phi) is 4.03. The van der Waals surface area contributed by atoms with Gasteiger partial charge in [0.15, 0.2) is 0 Å². The molecule has 0 heterocycles. The second-order valence-electron chi connectivity index (χ2n) is 4.91. The lowest BCUT2D eigenvalue weighted by Gasteiger charge is -2.21. The zero-order valence-corrected chi connectivity index (χ0v) is 11.7. The Bertz CT molecular complexity index is 637. The Morgan fingerprint density at radius 2 is 2.00 bits per heavy atom. The Balaban J connectivity index is 2.28. The van der Waals surface area contributed by atoms with E-state index in [1.54, 1.807) is 6.07 Å². The predicted molar refractivity (Wildman–Crippen MR) is 80.7 cm³/mol. The first kappa shape index (κ1) is 14.1. The maximum Gasteiger partial charge on any atom is 0.123 e. The molecule has 0 atom stereocenters. The highest BCUT2D eigenvalue weighted by molar-refractivity contribution is 5.96. The van der Waals surface area contributed by atoms with Crippen LogP contribution < -0.4 is 10.6 Å². The molecular weight excluding hydrogens is 253 g/mol. The third kappa shape index (κ3) is 3.15. The quantitative estimate of drug-likeness (QED) is 0.663. The van der Waals surface area contributed by atoms with E-state index in [9.17, 15) is 4.39 Å². The average molecular weight is 271 g/mol. The number of nitrogens with zero attached hydrogens (tertiary/aromatic N) is 1. The second kappa shape index (κ2) is 5.74. The average Bonchev–Trinajstić information content (AvgIpc) is 2.40. The summed E-state index contributed by atoms with van der Waals surface area (Å²) in [5.74, 6) is -0.491. The molecule has 0 amide bonds. The first-order valence-electron chi connectivity index (χ1n) is 6.38. The van der Waals surface area contributed by atoms with Gasteiger partial charge in [-0.2, -0.15) is 0 Å². The van der Waals surface area contributed by atoms with Crippen molar-refractivity contribution >= 4 is 11.5 Å². The zero-order chi connectivity index (χ0) is 14.7. The zero-order valence-electron chi connectivity index (χ0n) is 11.7. The molecule has 3 nitrogen and oxygen atoms in total. The van der Waals surface area contributed by atoms with Crippen molar-refractivity contribution in [1.82, 2.24) is 0 Å². The summed E-state index contributed by atoms with van der Waals surface area (Å²) in [6.45, 7) is 2.61. The van der Waals surface area contributed by atoms with E-state index in [4.69, 9.17) is 11.1 Å². The minimum atomic E-state index is -0.378. The molecule has 3 N–H and O–H groups in total. The number of benzene rings is 2. The number of amidine groups is 1. The number of aryl methyl sites for hydroxylation is 1. The van der Waals surface area contributed by atoms with Crippen molar-refractivity contribution in [3.8, 4) is 0 Å². The standard InChI is InChI=1S/C16H18FN3/c1-11-4-3-5-14(8-11)20(2)10-12-6-7-13(17)9-15(12)16(18)19/h3-9H,10H2,1-2H3,(H3,18,19). The van der Waals surface area contributed by atoms with E-state index >= 15 is 0 Å². The smallest absolute Gasteiger partial charge is 0.123 e. The summed E-state index contributed by atoms with van der Waals surface area (Å²) in [5.41, 5.74) is 9.06. The minimum absolute atomic E-state index is 0.114. The predicted octanol–water partition coefficient (Wildman–Crippen LogP) is 3.05. The monoisotopic (exact) mass is 271 g/mol. The Hall–Kier alpha value is -2.36. The number of nitrogen functional groups attached to an aromatic ring is 1. The molecule has 0 saturated heterocycles. The molecule has 4 heteroatoms. The normalized spacial score (nSPS) is 10.3. The summed E-state index contributed by atoms with van der Waals surface area (Å²) in [6, 6.07) is 12.5. The molecule has 2 aromatic carbocycles. The van der Waals surface area contributed by atoms with Gasteiger partial charge in [0.1, 0.15) is 11.7 Å². The summed E-state index contributed by atoms with van der Waals surface area (Å²) < 4.78 is 13.3. The molecule has 0 aromatic heterocycles. The molecule has 0 aliphatic heterocycles. The molecule has 0 aliphatic carbocycles. The van der Waals surface area contributed by atoms with E-state index in [1.165, 1.54) is 17.7 Å². The molecule has 104 valence electrons. The molecule has 0 radical (unpaired) electrons. The summed E-state index contributed by atoms with van der Waals surface area (Å²) in [5, 5.41) is 7.55. The van der Waals surface area contributed by atoms with Crippen LogP contribution in [0.25, 0.3) is 0 Å². The number of hydrogen-bond donors (Lipinski definition) is 2. The first-order valence-corrected chi connectivity index (χ1v) is 6.38. The van der Waals surface area contributed by atoms with Gasteiger partial charge in [0, 0.05) is 24.8 Å². The molecule has 2 aromatic rings. The SMILES string of the molecule is Cc1cccc(N(C)Cc2ccc(F)cc2C(=N)N)c1. The van der Waals surface area contributed by atoms with Crippen molar-refractivity contribution in [2.24, 2.45) is 5.73 Å². The topological polar surface area (TPSA) is 53.1 Å². The Morgan fingerprint density at radius 3 is 2.65 bits per heavy atom. The van der Waals surface area contributed by atoms with Crippen LogP contribution in [0.5, 0.6) is 0 Å². The van der Waals surface area contributed by atoms with Crippen molar-refractivity contribution in [1.29, 1.82) is 5.41 Å². The fourth-order valence-electron chi connectivity index (χ4n) is 2.15. The number of nitrogens with two attached hydrogens (primary N) is 1. The van der Waals surface area contributed by atoms with Crippen molar-refractivity contribution in [2.45, 2.75) is 13.5 Å². The van der Waals surface area contributed by atoms with Crippen LogP contribution in [0.4, 0.5) is 10.1 Å². The number of nitrogens with one attached hydrogen (secondary N) is 1. The van der Waals surface area contributed by atoms with E-state index in [1.807, 2.05) is 37.1 Å². The highest BCUT2D eigenvalue weighted by Gasteiger charge is 2.10. The number of rotatable bonds is 4. The lowest BCUT2D eigenvalue weighted by molar-refractivity contribution is 0.626. The highest BCUT2D eigenvalue weighted by Crippen LogP contribution is 2.19. The van der Waals surface area contributed by atoms with E-state index in [0.717, 1.165) is 11.3 Å². The van der Waals surface area contributed by atoms with Crippen LogP contribution >= 0.6 is 0 Å². The van der Waals surface area contributed by atoms with E-state index in [2.05, 4.69) is 6.07 Å². The van der Waals surface area contributed by atoms with Gasteiger partial charge < -0.3 is 10.6 Å². The molecule has 0 fully saturated rings. The molecule has 20 heavy (non-hydrogen) atoms. The largest absolute Gasteiger partial charge is 0.384 e. The van der Waals surface area contributed by atoms with E-state index in [-0.39, 0.29) is 11.7 Å². The van der Waals surface area contributed by atoms with Gasteiger partial charge in [-0.1, -0.05) is 18.2 Å². The van der Waals surface area contributed by atoms with Gasteiger partial charge in [0.05, 0.1) is 0 Å². The van der Waals surface area contributed by atoms with Crippen LogP contribution in [-0.4, -0.2) is 12.9 Å². The van der Waals surface area contributed by atoms with Gasteiger partial charge in [-0.3, -0.25) is 5.41 Å². The van der Waals surface area contributed by atoms with Gasteiger partial charge in [0.25, 0.3) is 0 Å². The maximum atomic E-state index is 13.3. The highest BCUT2D eigenvalue weighted by atomic mass is 19.1. The second-order valence-corrected chi connectivity index (χ2v) is 4.91. The van der Waals surface area contributed by atoms with Crippen molar-refractivity contribution in [2.75, 3.05) is 11.9 Å². The fourth-order valence-corrected chi connectivity index (χ4v) is 2.15. The third-order valence-electron chi connectivity index (χ3n) is 3.21. The van der Waals surface area contributed by atoms with Crippen LogP contribution in [-0.2, 0) is 6.54 Å². The van der Waals surface area contributed by atoms with Gasteiger partial charge in [0.2, 0.25) is 0 Å². The molecular formula is C16H18FN3. The lowest BCUT2D eigenvalue weighted by atomic mass is 10.1. The van der Waals surface area contributed by atoms with Gasteiger partial charge in [-0.05, 0) is 42.3 Å². The van der Waals surface area contributed by atoms with Crippen LogP contribution in [0, 0.1) is 18.2 Å². The summed E-state index contributed by atoms with van der Waals surface area (Å²) in [6.07, 6.45) is 0. The van der Waals surface area contributed by atoms with Gasteiger partial charge >= 0.3 is 0 Å². The van der Waals surface area contributed by atoms with Gasteiger partial charge in [-0.25, -0.2) is 4.39 Å². The van der Waals surface area contributed by atoms with Crippen LogP contribution in [0.15, 0.2) is 42.5 Å². The van der Waals surface area contributed by atoms with Crippen molar-refractivity contribution in [3.05, 3.63) is 65.0 Å². The molecule has 0 aliphatic rings. The van der Waals surface area contributed by atoms with Crippen LogP contribution in [0.3, 0.4) is 0 Å². The van der Waals surface area contributed by atoms with Gasteiger partial charge in [-0.15, -0.1) is 0 Å². The van der Waals surface area contributed by atoms with E-state index in [0.29, 0.717) is 12.1 Å². The number of anilines is 1.